The Labute approximate surface area is 129 Å². The summed E-state index contributed by atoms with van der Waals surface area (Å²) in [6.07, 6.45) is 3.34. The standard InChI is InChI=1S/C14H16ClN3O2S/c1-3-12-13(15)17-9-18-14(12)16-8-10-4-6-11(7-5-10)21(2,19)20/h4-7,9H,3,8H2,1-2H3,(H,16,17,18). The monoisotopic (exact) mass is 325 g/mol. The molecule has 0 bridgehead atoms. The number of nitrogens with one attached hydrogen (secondary N) is 1. The van der Waals surface area contributed by atoms with Crippen molar-refractivity contribution in [3.05, 3.63) is 46.9 Å². The van der Waals surface area contributed by atoms with E-state index in [-0.39, 0.29) is 0 Å². The number of benzene rings is 1. The highest BCUT2D eigenvalue weighted by Crippen LogP contribution is 2.21. The van der Waals surface area contributed by atoms with E-state index in [9.17, 15) is 8.42 Å². The highest BCUT2D eigenvalue weighted by atomic mass is 35.5. The molecule has 112 valence electrons. The van der Waals surface area contributed by atoms with Crippen LogP contribution in [0, 0.1) is 0 Å². The molecule has 0 aliphatic carbocycles. The Balaban J connectivity index is 2.12. The summed E-state index contributed by atoms with van der Waals surface area (Å²) in [7, 11) is -3.16. The van der Waals surface area contributed by atoms with E-state index < -0.39 is 9.84 Å². The first-order chi connectivity index (χ1) is 9.91. The number of hydrogen-bond acceptors (Lipinski definition) is 5. The van der Waals surface area contributed by atoms with E-state index in [4.69, 9.17) is 11.6 Å². The van der Waals surface area contributed by atoms with Crippen LogP contribution in [0.25, 0.3) is 0 Å². The van der Waals surface area contributed by atoms with E-state index in [1.54, 1.807) is 24.3 Å². The zero-order valence-electron chi connectivity index (χ0n) is 11.8. The lowest BCUT2D eigenvalue weighted by Crippen LogP contribution is -2.06. The molecule has 0 amide bonds. The Morgan fingerprint density at radius 3 is 2.43 bits per heavy atom. The van der Waals surface area contributed by atoms with Gasteiger partial charge in [0, 0.05) is 18.4 Å². The van der Waals surface area contributed by atoms with Gasteiger partial charge in [-0.15, -0.1) is 0 Å². The summed E-state index contributed by atoms with van der Waals surface area (Å²) in [5, 5.41) is 3.64. The van der Waals surface area contributed by atoms with Crippen molar-refractivity contribution >= 4 is 27.3 Å². The Morgan fingerprint density at radius 1 is 1.19 bits per heavy atom. The second-order valence-electron chi connectivity index (χ2n) is 4.61. The summed E-state index contributed by atoms with van der Waals surface area (Å²) in [4.78, 5) is 8.44. The molecule has 0 atom stereocenters. The van der Waals surface area contributed by atoms with Crippen LogP contribution >= 0.6 is 11.6 Å². The molecule has 1 aromatic carbocycles. The summed E-state index contributed by atoms with van der Waals surface area (Å²) < 4.78 is 22.8. The zero-order valence-corrected chi connectivity index (χ0v) is 13.4. The van der Waals surface area contributed by atoms with Crippen LogP contribution in [0.2, 0.25) is 5.15 Å². The molecule has 2 rings (SSSR count). The first kappa shape index (κ1) is 15.7. The Hall–Kier alpha value is -1.66. The zero-order chi connectivity index (χ0) is 15.5. The third-order valence-corrected chi connectivity index (χ3v) is 4.51. The van der Waals surface area contributed by atoms with Crippen LogP contribution in [0.1, 0.15) is 18.1 Å². The van der Waals surface area contributed by atoms with Crippen LogP contribution < -0.4 is 5.32 Å². The van der Waals surface area contributed by atoms with E-state index in [0.29, 0.717) is 22.4 Å². The van der Waals surface area contributed by atoms with Gasteiger partial charge in [0.15, 0.2) is 9.84 Å². The molecule has 0 saturated carbocycles. The molecule has 1 heterocycles. The minimum Gasteiger partial charge on any atom is -0.366 e. The molecule has 0 aliphatic rings. The smallest absolute Gasteiger partial charge is 0.175 e. The topological polar surface area (TPSA) is 72.0 Å². The lowest BCUT2D eigenvalue weighted by Gasteiger charge is -2.10. The molecular weight excluding hydrogens is 310 g/mol. The maximum Gasteiger partial charge on any atom is 0.175 e. The maximum atomic E-state index is 11.4. The maximum absolute atomic E-state index is 11.4. The molecule has 1 aromatic heterocycles. The van der Waals surface area contributed by atoms with Gasteiger partial charge in [-0.25, -0.2) is 18.4 Å². The largest absolute Gasteiger partial charge is 0.366 e. The van der Waals surface area contributed by atoms with Gasteiger partial charge in [-0.1, -0.05) is 30.7 Å². The van der Waals surface area contributed by atoms with E-state index in [2.05, 4.69) is 15.3 Å². The number of hydrogen-bond donors (Lipinski definition) is 1. The van der Waals surface area contributed by atoms with Crippen LogP contribution in [-0.2, 0) is 22.8 Å². The summed E-state index contributed by atoms with van der Waals surface area (Å²) in [6.45, 7) is 2.51. The summed E-state index contributed by atoms with van der Waals surface area (Å²) in [5.41, 5.74) is 1.83. The highest BCUT2D eigenvalue weighted by Gasteiger charge is 2.09. The van der Waals surface area contributed by atoms with Crippen molar-refractivity contribution in [2.24, 2.45) is 0 Å². The summed E-state index contributed by atoms with van der Waals surface area (Å²) >= 11 is 6.02. The van der Waals surface area contributed by atoms with Gasteiger partial charge >= 0.3 is 0 Å². The molecule has 7 heteroatoms. The fourth-order valence-corrected chi connectivity index (χ4v) is 2.79. The predicted octanol–water partition coefficient (Wildman–Crippen LogP) is 2.71. The van der Waals surface area contributed by atoms with Gasteiger partial charge in [0.25, 0.3) is 0 Å². The molecule has 5 nitrogen and oxygen atoms in total. The molecule has 0 saturated heterocycles. The number of nitrogens with zero attached hydrogens (tertiary/aromatic N) is 2. The second-order valence-corrected chi connectivity index (χ2v) is 6.99. The third-order valence-electron chi connectivity index (χ3n) is 3.06. The number of rotatable bonds is 5. The van der Waals surface area contributed by atoms with E-state index in [1.165, 1.54) is 12.6 Å². The van der Waals surface area contributed by atoms with Crippen LogP contribution in [0.5, 0.6) is 0 Å². The number of sulfone groups is 1. The average Bonchev–Trinajstić information content (AvgIpc) is 2.44. The number of anilines is 1. The van der Waals surface area contributed by atoms with Crippen molar-refractivity contribution in [3.63, 3.8) is 0 Å². The Bertz CT molecular complexity index is 730. The van der Waals surface area contributed by atoms with Gasteiger partial charge in [0.1, 0.15) is 17.3 Å². The molecule has 0 fully saturated rings. The van der Waals surface area contributed by atoms with Gasteiger partial charge < -0.3 is 5.32 Å². The van der Waals surface area contributed by atoms with Gasteiger partial charge in [0.05, 0.1) is 4.90 Å². The first-order valence-corrected chi connectivity index (χ1v) is 8.71. The Morgan fingerprint density at radius 2 is 1.86 bits per heavy atom. The number of halogens is 1. The fraction of sp³-hybridized carbons (Fsp3) is 0.286. The molecular formula is C14H16ClN3O2S. The lowest BCUT2D eigenvalue weighted by molar-refractivity contribution is 0.602. The van der Waals surface area contributed by atoms with Gasteiger partial charge in [-0.05, 0) is 24.1 Å². The fourth-order valence-electron chi connectivity index (χ4n) is 1.90. The average molecular weight is 326 g/mol. The lowest BCUT2D eigenvalue weighted by atomic mass is 10.2. The van der Waals surface area contributed by atoms with Gasteiger partial charge in [-0.3, -0.25) is 0 Å². The minimum absolute atomic E-state index is 0.311. The van der Waals surface area contributed by atoms with Crippen molar-refractivity contribution < 1.29 is 8.42 Å². The van der Waals surface area contributed by atoms with Crippen molar-refractivity contribution in [1.82, 2.24) is 9.97 Å². The Kier molecular flexibility index (Phi) is 4.80. The second kappa shape index (κ2) is 6.41. The molecule has 0 radical (unpaired) electrons. The quantitative estimate of drug-likeness (QED) is 0.856. The normalized spacial score (nSPS) is 11.4. The molecule has 0 unspecified atom stereocenters. The number of aromatic nitrogens is 2. The first-order valence-electron chi connectivity index (χ1n) is 6.44. The van der Waals surface area contributed by atoms with Crippen molar-refractivity contribution in [2.75, 3.05) is 11.6 Å². The van der Waals surface area contributed by atoms with Crippen molar-refractivity contribution in [1.29, 1.82) is 0 Å². The van der Waals surface area contributed by atoms with Crippen LogP contribution in [0.3, 0.4) is 0 Å². The van der Waals surface area contributed by atoms with E-state index in [1.807, 2.05) is 6.92 Å². The van der Waals surface area contributed by atoms with Gasteiger partial charge in [0.2, 0.25) is 0 Å². The highest BCUT2D eigenvalue weighted by molar-refractivity contribution is 7.90. The molecule has 2 aromatic rings. The SMILES string of the molecule is CCc1c(Cl)ncnc1NCc1ccc(S(C)(=O)=O)cc1. The van der Waals surface area contributed by atoms with E-state index >= 15 is 0 Å². The van der Waals surface area contributed by atoms with Crippen LogP contribution in [-0.4, -0.2) is 24.6 Å². The van der Waals surface area contributed by atoms with Crippen LogP contribution in [0.15, 0.2) is 35.5 Å². The summed E-state index contributed by atoms with van der Waals surface area (Å²) in [5.74, 6) is 0.699. The molecule has 0 spiro atoms. The minimum atomic E-state index is -3.16. The predicted molar refractivity (Wildman–Crippen MR) is 83.3 cm³/mol. The van der Waals surface area contributed by atoms with Crippen molar-refractivity contribution in [3.8, 4) is 0 Å². The molecule has 21 heavy (non-hydrogen) atoms. The molecule has 0 aliphatic heterocycles. The van der Waals surface area contributed by atoms with E-state index in [0.717, 1.165) is 17.5 Å². The molecule has 1 N–H and O–H groups in total. The van der Waals surface area contributed by atoms with Gasteiger partial charge in [-0.2, -0.15) is 0 Å². The van der Waals surface area contributed by atoms with Crippen molar-refractivity contribution in [2.45, 2.75) is 24.8 Å². The summed E-state index contributed by atoms with van der Waals surface area (Å²) in [6, 6.07) is 6.75. The van der Waals surface area contributed by atoms with Crippen LogP contribution in [0.4, 0.5) is 5.82 Å². The third kappa shape index (κ3) is 3.92.